The third kappa shape index (κ3) is 4.73. The van der Waals surface area contributed by atoms with Crippen molar-refractivity contribution in [3.05, 3.63) is 76.5 Å². The number of hydrogen-bond donors (Lipinski definition) is 1. The highest BCUT2D eigenvalue weighted by Crippen LogP contribution is 2.17. The molecule has 7 heteroatoms. The first-order chi connectivity index (χ1) is 12.2. The summed E-state index contributed by atoms with van der Waals surface area (Å²) in [6.07, 6.45) is 0.750. The summed E-state index contributed by atoms with van der Waals surface area (Å²) in [4.78, 5) is 11.9. The standard InChI is InChI=1S/C18H18FN3O2S/c19-15-8-4-5-9-16(15)24-12-13-25-18-21-20-17(23)22(18)11-10-14-6-2-1-3-7-14/h1-9H,10-13H2,(H,20,23). The van der Waals surface area contributed by atoms with Crippen LogP contribution >= 0.6 is 11.8 Å². The van der Waals surface area contributed by atoms with Crippen molar-refractivity contribution in [2.75, 3.05) is 12.4 Å². The van der Waals surface area contributed by atoms with E-state index in [-0.39, 0.29) is 17.3 Å². The molecule has 1 heterocycles. The van der Waals surface area contributed by atoms with Crippen LogP contribution in [0.2, 0.25) is 0 Å². The summed E-state index contributed by atoms with van der Waals surface area (Å²) in [7, 11) is 0. The predicted molar refractivity (Wildman–Crippen MR) is 95.6 cm³/mol. The highest BCUT2D eigenvalue weighted by molar-refractivity contribution is 7.99. The molecule has 0 spiro atoms. The molecule has 3 aromatic rings. The lowest BCUT2D eigenvalue weighted by atomic mass is 10.1. The zero-order valence-electron chi connectivity index (χ0n) is 13.5. The third-order valence-corrected chi connectivity index (χ3v) is 4.54. The average Bonchev–Trinajstić information content (AvgIpc) is 2.99. The van der Waals surface area contributed by atoms with E-state index in [1.54, 1.807) is 22.8 Å². The molecule has 0 aliphatic heterocycles. The van der Waals surface area contributed by atoms with Gasteiger partial charge in [-0.05, 0) is 24.1 Å². The van der Waals surface area contributed by atoms with Crippen LogP contribution in [0, 0.1) is 5.82 Å². The molecule has 1 N–H and O–H groups in total. The van der Waals surface area contributed by atoms with Crippen LogP contribution in [0.5, 0.6) is 5.75 Å². The van der Waals surface area contributed by atoms with E-state index >= 15 is 0 Å². The lowest BCUT2D eigenvalue weighted by Gasteiger charge is -2.07. The predicted octanol–water partition coefficient (Wildman–Crippen LogP) is 3.12. The molecule has 0 saturated heterocycles. The Labute approximate surface area is 148 Å². The Morgan fingerprint density at radius 2 is 1.88 bits per heavy atom. The molecule has 5 nitrogen and oxygen atoms in total. The van der Waals surface area contributed by atoms with E-state index < -0.39 is 0 Å². The minimum absolute atomic E-state index is 0.228. The van der Waals surface area contributed by atoms with Gasteiger partial charge in [-0.15, -0.1) is 5.10 Å². The smallest absolute Gasteiger partial charge is 0.343 e. The minimum atomic E-state index is -0.382. The van der Waals surface area contributed by atoms with E-state index in [4.69, 9.17) is 4.74 Å². The molecule has 0 bridgehead atoms. The molecular weight excluding hydrogens is 341 g/mol. The molecule has 25 heavy (non-hydrogen) atoms. The molecule has 0 saturated carbocycles. The Kier molecular flexibility index (Phi) is 5.90. The summed E-state index contributed by atoms with van der Waals surface area (Å²) < 4.78 is 20.5. The number of nitrogens with one attached hydrogen (secondary N) is 1. The number of para-hydroxylation sites is 1. The van der Waals surface area contributed by atoms with Gasteiger partial charge in [-0.1, -0.05) is 54.2 Å². The summed E-state index contributed by atoms with van der Waals surface area (Å²) in [5, 5.41) is 7.14. The largest absolute Gasteiger partial charge is 0.490 e. The number of aromatic nitrogens is 3. The number of aryl methyl sites for hydroxylation is 1. The van der Waals surface area contributed by atoms with Crippen LogP contribution in [-0.2, 0) is 13.0 Å². The number of benzene rings is 2. The molecule has 2 aromatic carbocycles. The van der Waals surface area contributed by atoms with Gasteiger partial charge in [-0.25, -0.2) is 14.3 Å². The van der Waals surface area contributed by atoms with Gasteiger partial charge in [0.1, 0.15) is 0 Å². The van der Waals surface area contributed by atoms with Crippen LogP contribution < -0.4 is 10.4 Å². The number of thioether (sulfide) groups is 1. The summed E-state index contributed by atoms with van der Waals surface area (Å²) in [6, 6.07) is 16.3. The van der Waals surface area contributed by atoms with Gasteiger partial charge in [-0.3, -0.25) is 4.57 Å². The average molecular weight is 359 g/mol. The lowest BCUT2D eigenvalue weighted by Crippen LogP contribution is -2.19. The fourth-order valence-electron chi connectivity index (χ4n) is 2.34. The number of aromatic amines is 1. The van der Waals surface area contributed by atoms with Crippen molar-refractivity contribution in [3.63, 3.8) is 0 Å². The zero-order valence-corrected chi connectivity index (χ0v) is 14.3. The normalized spacial score (nSPS) is 10.8. The Morgan fingerprint density at radius 3 is 2.68 bits per heavy atom. The molecule has 0 aliphatic carbocycles. The van der Waals surface area contributed by atoms with Crippen LogP contribution in [0.15, 0.2) is 64.5 Å². The van der Waals surface area contributed by atoms with Crippen molar-refractivity contribution in [2.45, 2.75) is 18.1 Å². The molecule has 130 valence electrons. The molecule has 0 unspecified atom stereocenters. The fraction of sp³-hybridized carbons (Fsp3) is 0.222. The van der Waals surface area contributed by atoms with E-state index in [0.29, 0.717) is 24.1 Å². The zero-order chi connectivity index (χ0) is 17.5. The first-order valence-corrected chi connectivity index (χ1v) is 8.92. The molecule has 3 rings (SSSR count). The second-order valence-electron chi connectivity index (χ2n) is 5.33. The minimum Gasteiger partial charge on any atom is -0.490 e. The maximum atomic E-state index is 13.5. The quantitative estimate of drug-likeness (QED) is 0.496. The lowest BCUT2D eigenvalue weighted by molar-refractivity contribution is 0.324. The van der Waals surface area contributed by atoms with Crippen molar-refractivity contribution >= 4 is 11.8 Å². The van der Waals surface area contributed by atoms with Gasteiger partial charge >= 0.3 is 5.69 Å². The Hall–Kier alpha value is -2.54. The highest BCUT2D eigenvalue weighted by atomic mass is 32.2. The van der Waals surface area contributed by atoms with E-state index in [1.165, 1.54) is 17.8 Å². The number of H-pyrrole nitrogens is 1. The Bertz CT molecular complexity index is 864. The van der Waals surface area contributed by atoms with Crippen molar-refractivity contribution in [1.29, 1.82) is 0 Å². The van der Waals surface area contributed by atoms with Gasteiger partial charge in [0.05, 0.1) is 6.61 Å². The van der Waals surface area contributed by atoms with Crippen LogP contribution in [0.4, 0.5) is 4.39 Å². The Balaban J connectivity index is 1.53. The summed E-state index contributed by atoms with van der Waals surface area (Å²) in [5.41, 5.74) is 0.933. The maximum absolute atomic E-state index is 13.5. The monoisotopic (exact) mass is 359 g/mol. The van der Waals surface area contributed by atoms with E-state index in [1.807, 2.05) is 30.3 Å². The van der Waals surface area contributed by atoms with Crippen LogP contribution in [0.3, 0.4) is 0 Å². The van der Waals surface area contributed by atoms with Crippen LogP contribution in [0.1, 0.15) is 5.56 Å². The number of nitrogens with zero attached hydrogens (tertiary/aromatic N) is 2. The van der Waals surface area contributed by atoms with Gasteiger partial charge in [0.25, 0.3) is 0 Å². The second-order valence-corrected chi connectivity index (χ2v) is 6.39. The molecule has 0 fully saturated rings. The van der Waals surface area contributed by atoms with Crippen molar-refractivity contribution in [2.24, 2.45) is 0 Å². The SMILES string of the molecule is O=c1[nH]nc(SCCOc2ccccc2F)n1CCc1ccccc1. The fourth-order valence-corrected chi connectivity index (χ4v) is 3.13. The van der Waals surface area contributed by atoms with Gasteiger partial charge in [-0.2, -0.15) is 0 Å². The summed E-state index contributed by atoms with van der Waals surface area (Å²) in [5.74, 6) is 0.405. The van der Waals surface area contributed by atoms with Crippen LogP contribution in [-0.4, -0.2) is 27.1 Å². The molecule has 0 aliphatic rings. The number of rotatable bonds is 8. The molecule has 0 atom stereocenters. The number of ether oxygens (including phenoxy) is 1. The second kappa shape index (κ2) is 8.53. The van der Waals surface area contributed by atoms with Crippen molar-refractivity contribution < 1.29 is 9.13 Å². The van der Waals surface area contributed by atoms with E-state index in [0.717, 1.165) is 12.0 Å². The van der Waals surface area contributed by atoms with Gasteiger partial charge in [0.2, 0.25) is 0 Å². The van der Waals surface area contributed by atoms with Crippen molar-refractivity contribution in [3.8, 4) is 5.75 Å². The van der Waals surface area contributed by atoms with Gasteiger partial charge in [0.15, 0.2) is 16.7 Å². The van der Waals surface area contributed by atoms with Crippen LogP contribution in [0.25, 0.3) is 0 Å². The summed E-state index contributed by atoms with van der Waals surface area (Å²) >= 11 is 1.40. The molecule has 1 aromatic heterocycles. The summed E-state index contributed by atoms with van der Waals surface area (Å²) in [6.45, 7) is 0.876. The topological polar surface area (TPSA) is 59.9 Å². The third-order valence-electron chi connectivity index (χ3n) is 3.60. The molecule has 0 amide bonds. The number of halogens is 1. The van der Waals surface area contributed by atoms with Crippen molar-refractivity contribution in [1.82, 2.24) is 14.8 Å². The first-order valence-electron chi connectivity index (χ1n) is 7.93. The number of hydrogen-bond acceptors (Lipinski definition) is 4. The van der Waals surface area contributed by atoms with Gasteiger partial charge in [0, 0.05) is 12.3 Å². The van der Waals surface area contributed by atoms with E-state index in [2.05, 4.69) is 10.2 Å². The van der Waals surface area contributed by atoms with E-state index in [9.17, 15) is 9.18 Å². The Morgan fingerprint density at radius 1 is 1.12 bits per heavy atom. The highest BCUT2D eigenvalue weighted by Gasteiger charge is 2.09. The maximum Gasteiger partial charge on any atom is 0.343 e. The molecular formula is C18H18FN3O2S. The first kappa shape index (κ1) is 17.3. The molecule has 0 radical (unpaired) electrons. The van der Waals surface area contributed by atoms with Gasteiger partial charge < -0.3 is 4.74 Å².